The van der Waals surface area contributed by atoms with Crippen LogP contribution in [-0.2, 0) is 32.7 Å². The summed E-state index contributed by atoms with van der Waals surface area (Å²) in [6.07, 6.45) is 46.9. The molecule has 2 N–H and O–H groups in total. The number of phosphoric ester groups is 1. The molecule has 10 heteroatoms. The van der Waals surface area contributed by atoms with Crippen LogP contribution in [0.4, 0.5) is 0 Å². The lowest BCUT2D eigenvalue weighted by molar-refractivity contribution is -0.161. The highest BCUT2D eigenvalue weighted by Gasteiger charge is 2.26. The topological polar surface area (TPSA) is 120 Å². The zero-order chi connectivity index (χ0) is 42.5. The Labute approximate surface area is 358 Å². The third-order valence-electron chi connectivity index (χ3n) is 10.9. The minimum atomic E-state index is -4.35. The van der Waals surface area contributed by atoms with Crippen LogP contribution in [0.2, 0.25) is 0 Å². The fourth-order valence-corrected chi connectivity index (χ4v) is 7.89. The monoisotopic (exact) mass is 844 g/mol. The van der Waals surface area contributed by atoms with E-state index in [4.69, 9.17) is 18.5 Å². The standard InChI is InChI=1S/C48H94NO8P/c1-4-6-8-10-12-14-16-18-20-21-22-23-24-25-27-29-31-33-35-37-39-41-48(51)57-46(45-56-58(52,53)55-43-42-49-3)44-54-47(50)40-38-36-34-32-30-28-26-19-17-15-13-11-9-7-5-2/h19,26,46,49H,4-18,20-25,27-45H2,1-3H3,(H,52,53)/b26-19-. The number of carbonyl (C=O) groups is 2. The van der Waals surface area contributed by atoms with Gasteiger partial charge in [0.05, 0.1) is 13.2 Å². The van der Waals surface area contributed by atoms with Crippen LogP contribution in [-0.4, -0.2) is 56.3 Å². The number of unbranched alkanes of at least 4 members (excludes halogenated alkanes) is 31. The molecule has 344 valence electrons. The Morgan fingerprint density at radius 1 is 0.517 bits per heavy atom. The highest BCUT2D eigenvalue weighted by Crippen LogP contribution is 2.43. The third kappa shape index (κ3) is 44.3. The van der Waals surface area contributed by atoms with E-state index in [0.717, 1.165) is 51.4 Å². The van der Waals surface area contributed by atoms with Crippen molar-refractivity contribution in [3.63, 3.8) is 0 Å². The van der Waals surface area contributed by atoms with E-state index in [0.29, 0.717) is 13.0 Å². The lowest BCUT2D eigenvalue weighted by Crippen LogP contribution is -2.29. The van der Waals surface area contributed by atoms with Gasteiger partial charge >= 0.3 is 19.8 Å². The maximum absolute atomic E-state index is 12.7. The van der Waals surface area contributed by atoms with Crippen molar-refractivity contribution in [2.75, 3.05) is 33.4 Å². The number of allylic oxidation sites excluding steroid dienone is 2. The summed E-state index contributed by atoms with van der Waals surface area (Å²) in [5.41, 5.74) is 0. The van der Waals surface area contributed by atoms with E-state index in [1.165, 1.54) is 161 Å². The second-order valence-electron chi connectivity index (χ2n) is 16.7. The largest absolute Gasteiger partial charge is 0.472 e. The first-order chi connectivity index (χ1) is 28.3. The average Bonchev–Trinajstić information content (AvgIpc) is 3.21. The maximum Gasteiger partial charge on any atom is 0.472 e. The number of hydrogen-bond donors (Lipinski definition) is 2. The summed E-state index contributed by atoms with van der Waals surface area (Å²) in [5, 5.41) is 2.83. The molecule has 0 aromatic rings. The fourth-order valence-electron chi connectivity index (χ4n) is 7.14. The van der Waals surface area contributed by atoms with E-state index in [1.54, 1.807) is 7.05 Å². The molecule has 0 heterocycles. The highest BCUT2D eigenvalue weighted by atomic mass is 31.2. The third-order valence-corrected chi connectivity index (χ3v) is 11.9. The van der Waals surface area contributed by atoms with E-state index < -0.39 is 26.5 Å². The average molecular weight is 844 g/mol. The van der Waals surface area contributed by atoms with Gasteiger partial charge in [-0.2, -0.15) is 0 Å². The van der Waals surface area contributed by atoms with Crippen LogP contribution < -0.4 is 5.32 Å². The first-order valence-electron chi connectivity index (χ1n) is 24.6. The van der Waals surface area contributed by atoms with Gasteiger partial charge in [-0.15, -0.1) is 0 Å². The molecule has 0 fully saturated rings. The van der Waals surface area contributed by atoms with Crippen LogP contribution in [0.3, 0.4) is 0 Å². The predicted octanol–water partition coefficient (Wildman–Crippen LogP) is 14.4. The van der Waals surface area contributed by atoms with E-state index in [9.17, 15) is 19.0 Å². The summed E-state index contributed by atoms with van der Waals surface area (Å²) < 4.78 is 33.3. The summed E-state index contributed by atoms with van der Waals surface area (Å²) in [4.78, 5) is 35.2. The molecule has 58 heavy (non-hydrogen) atoms. The molecular weight excluding hydrogens is 750 g/mol. The Bertz CT molecular complexity index is 964. The Hall–Kier alpha value is -1.25. The van der Waals surface area contributed by atoms with Crippen LogP contribution in [0, 0.1) is 0 Å². The van der Waals surface area contributed by atoms with Crippen LogP contribution in [0.5, 0.6) is 0 Å². The van der Waals surface area contributed by atoms with E-state index in [1.807, 2.05) is 0 Å². The zero-order valence-electron chi connectivity index (χ0n) is 38.3. The van der Waals surface area contributed by atoms with Gasteiger partial charge in [0.2, 0.25) is 0 Å². The van der Waals surface area contributed by atoms with Crippen molar-refractivity contribution in [1.82, 2.24) is 5.32 Å². The lowest BCUT2D eigenvalue weighted by atomic mass is 10.0. The predicted molar refractivity (Wildman–Crippen MR) is 243 cm³/mol. The summed E-state index contributed by atoms with van der Waals surface area (Å²) in [6, 6.07) is 0. The van der Waals surface area contributed by atoms with Gasteiger partial charge in [0.1, 0.15) is 6.61 Å². The van der Waals surface area contributed by atoms with Gasteiger partial charge in [0.25, 0.3) is 0 Å². The van der Waals surface area contributed by atoms with Gasteiger partial charge in [-0.25, -0.2) is 4.57 Å². The molecule has 0 rings (SSSR count). The summed E-state index contributed by atoms with van der Waals surface area (Å²) >= 11 is 0. The quantitative estimate of drug-likeness (QED) is 0.0267. The molecule has 0 aromatic heterocycles. The Balaban J connectivity index is 4.09. The normalized spacial score (nSPS) is 13.2. The number of phosphoric acid groups is 1. The minimum Gasteiger partial charge on any atom is -0.462 e. The van der Waals surface area contributed by atoms with Crippen LogP contribution in [0.25, 0.3) is 0 Å². The Morgan fingerprint density at radius 3 is 1.28 bits per heavy atom. The van der Waals surface area contributed by atoms with Crippen molar-refractivity contribution < 1.29 is 37.6 Å². The Kier molecular flexibility index (Phi) is 44.3. The number of rotatable bonds is 47. The molecule has 0 amide bonds. The number of hydrogen-bond acceptors (Lipinski definition) is 8. The van der Waals surface area contributed by atoms with E-state index >= 15 is 0 Å². The van der Waals surface area contributed by atoms with E-state index in [2.05, 4.69) is 31.3 Å². The number of nitrogens with one attached hydrogen (secondary N) is 1. The molecule has 0 aliphatic carbocycles. The Morgan fingerprint density at radius 2 is 0.879 bits per heavy atom. The van der Waals surface area contributed by atoms with Crippen molar-refractivity contribution >= 4 is 19.8 Å². The second-order valence-corrected chi connectivity index (χ2v) is 18.1. The van der Waals surface area contributed by atoms with Gasteiger partial charge in [-0.1, -0.05) is 206 Å². The maximum atomic E-state index is 12.7. The van der Waals surface area contributed by atoms with Crippen molar-refractivity contribution in [3.05, 3.63) is 12.2 Å². The molecular formula is C48H94NO8P. The molecule has 0 radical (unpaired) electrons. The van der Waals surface area contributed by atoms with Gasteiger partial charge in [0.15, 0.2) is 6.10 Å². The molecule has 9 nitrogen and oxygen atoms in total. The number of likely N-dealkylation sites (N-methyl/N-ethyl adjacent to an activating group) is 1. The molecule has 2 unspecified atom stereocenters. The van der Waals surface area contributed by atoms with Crippen molar-refractivity contribution in [1.29, 1.82) is 0 Å². The molecule has 0 aliphatic heterocycles. The minimum absolute atomic E-state index is 0.0147. The van der Waals surface area contributed by atoms with Crippen molar-refractivity contribution in [2.24, 2.45) is 0 Å². The second kappa shape index (κ2) is 45.3. The zero-order valence-corrected chi connectivity index (χ0v) is 39.2. The molecule has 2 atom stereocenters. The number of ether oxygens (including phenoxy) is 2. The van der Waals surface area contributed by atoms with Gasteiger partial charge in [-0.05, 0) is 45.6 Å². The molecule has 0 aliphatic rings. The summed E-state index contributed by atoms with van der Waals surface area (Å²) in [7, 11) is -2.64. The SMILES string of the molecule is CCCCCCCC/C=C\CCCCCCCC(=O)OCC(COP(=O)(O)OCCNC)OC(=O)CCCCCCCCCCCCCCCCCCCCCCC. The van der Waals surface area contributed by atoms with Crippen LogP contribution in [0.1, 0.15) is 245 Å². The van der Waals surface area contributed by atoms with Gasteiger partial charge in [-0.3, -0.25) is 18.6 Å². The van der Waals surface area contributed by atoms with Crippen LogP contribution >= 0.6 is 7.82 Å². The molecule has 0 aromatic carbocycles. The molecule has 0 saturated carbocycles. The molecule has 0 saturated heterocycles. The van der Waals surface area contributed by atoms with E-state index in [-0.39, 0.29) is 32.0 Å². The summed E-state index contributed by atoms with van der Waals surface area (Å²) in [5.74, 6) is -0.802. The molecule has 0 bridgehead atoms. The summed E-state index contributed by atoms with van der Waals surface area (Å²) in [6.45, 7) is 4.26. The van der Waals surface area contributed by atoms with Crippen molar-refractivity contribution in [2.45, 2.75) is 251 Å². The fraction of sp³-hybridized carbons (Fsp3) is 0.917. The molecule has 0 spiro atoms. The number of esters is 2. The first kappa shape index (κ1) is 56.8. The first-order valence-corrected chi connectivity index (χ1v) is 26.1. The highest BCUT2D eigenvalue weighted by molar-refractivity contribution is 7.47. The smallest absolute Gasteiger partial charge is 0.462 e. The van der Waals surface area contributed by atoms with Crippen molar-refractivity contribution in [3.8, 4) is 0 Å². The van der Waals surface area contributed by atoms with Gasteiger partial charge < -0.3 is 19.7 Å². The number of carbonyl (C=O) groups excluding carboxylic acids is 2. The van der Waals surface area contributed by atoms with Crippen LogP contribution in [0.15, 0.2) is 12.2 Å². The lowest BCUT2D eigenvalue weighted by Gasteiger charge is -2.20. The van der Waals surface area contributed by atoms with Gasteiger partial charge in [0, 0.05) is 19.4 Å².